The number of hydrogen-bond acceptors (Lipinski definition) is 4. The van der Waals surface area contributed by atoms with E-state index >= 15 is 0 Å². The lowest BCUT2D eigenvalue weighted by atomic mass is 10.2. The zero-order valence-electron chi connectivity index (χ0n) is 17.5. The van der Waals surface area contributed by atoms with Gasteiger partial charge in [0, 0.05) is 58.5 Å². The Hall–Kier alpha value is -1.37. The molecule has 1 saturated heterocycles. The fourth-order valence-corrected chi connectivity index (χ4v) is 4.34. The molecule has 1 N–H and O–H groups in total. The zero-order valence-corrected chi connectivity index (χ0v) is 18.3. The molecule has 0 aromatic heterocycles. The Balaban J connectivity index is 1.56. The standard InChI is InChI=1S/C22H36N4OS/c1-24(2)21-10-8-19(9-11-21)18-26(22(28)23-20-6-3-4-7-20)13-5-12-25-14-16-27-17-15-25/h8-11,20H,3-7,12-18H2,1-2H3,(H,23,28). The zero-order chi connectivity index (χ0) is 19.8. The number of thiocarbonyl (C=S) groups is 1. The molecular formula is C22H36N4OS. The highest BCUT2D eigenvalue weighted by atomic mass is 32.1. The van der Waals surface area contributed by atoms with Gasteiger partial charge in [0.1, 0.15) is 0 Å². The summed E-state index contributed by atoms with van der Waals surface area (Å²) in [5, 5.41) is 4.55. The molecule has 1 aromatic carbocycles. The van der Waals surface area contributed by atoms with Crippen molar-refractivity contribution in [3.05, 3.63) is 29.8 Å². The first-order chi connectivity index (χ1) is 13.6. The topological polar surface area (TPSA) is 31.0 Å². The third kappa shape index (κ3) is 6.61. The second-order valence-electron chi connectivity index (χ2n) is 8.22. The molecule has 0 atom stereocenters. The lowest BCUT2D eigenvalue weighted by Gasteiger charge is -2.30. The molecule has 5 nitrogen and oxygen atoms in total. The van der Waals surface area contributed by atoms with Gasteiger partial charge in [0.05, 0.1) is 13.2 Å². The highest BCUT2D eigenvalue weighted by Gasteiger charge is 2.19. The fraction of sp³-hybridized carbons (Fsp3) is 0.682. The highest BCUT2D eigenvalue weighted by Crippen LogP contribution is 2.19. The molecule has 3 rings (SSSR count). The number of ether oxygens (including phenoxy) is 1. The van der Waals surface area contributed by atoms with E-state index in [2.05, 4.69) is 58.4 Å². The van der Waals surface area contributed by atoms with Crippen LogP contribution in [0.4, 0.5) is 5.69 Å². The molecule has 156 valence electrons. The normalized spacial score (nSPS) is 18.2. The van der Waals surface area contributed by atoms with Gasteiger partial charge in [0.25, 0.3) is 0 Å². The largest absolute Gasteiger partial charge is 0.379 e. The summed E-state index contributed by atoms with van der Waals surface area (Å²) >= 11 is 5.82. The summed E-state index contributed by atoms with van der Waals surface area (Å²) < 4.78 is 5.46. The summed E-state index contributed by atoms with van der Waals surface area (Å²) in [5.41, 5.74) is 2.54. The van der Waals surface area contributed by atoms with Crippen LogP contribution in [0.2, 0.25) is 0 Å². The summed E-state index contributed by atoms with van der Waals surface area (Å²) in [4.78, 5) is 7.00. The lowest BCUT2D eigenvalue weighted by Crippen LogP contribution is -2.45. The number of rotatable bonds is 8. The molecule has 2 aliphatic rings. The second-order valence-corrected chi connectivity index (χ2v) is 8.61. The third-order valence-corrected chi connectivity index (χ3v) is 6.18. The quantitative estimate of drug-likeness (QED) is 0.670. The van der Waals surface area contributed by atoms with E-state index in [1.807, 2.05) is 0 Å². The van der Waals surface area contributed by atoms with Crippen LogP contribution in [-0.2, 0) is 11.3 Å². The van der Waals surface area contributed by atoms with Crippen LogP contribution in [-0.4, -0.2) is 74.4 Å². The SMILES string of the molecule is CN(C)c1ccc(CN(CCCN2CCOCC2)C(=S)NC2CCCC2)cc1. The lowest BCUT2D eigenvalue weighted by molar-refractivity contribution is 0.0367. The Labute approximate surface area is 176 Å². The smallest absolute Gasteiger partial charge is 0.169 e. The van der Waals surface area contributed by atoms with Gasteiger partial charge in [0.15, 0.2) is 5.11 Å². The molecule has 0 bridgehead atoms. The Bertz CT molecular complexity index is 595. The minimum atomic E-state index is 0.561. The van der Waals surface area contributed by atoms with Gasteiger partial charge in [-0.3, -0.25) is 4.90 Å². The Kier molecular flexibility index (Phi) is 8.37. The van der Waals surface area contributed by atoms with Gasteiger partial charge < -0.3 is 19.9 Å². The average molecular weight is 405 g/mol. The number of morpholine rings is 1. The molecule has 0 unspecified atom stereocenters. The first kappa shape index (κ1) is 21.3. The number of nitrogens with zero attached hydrogens (tertiary/aromatic N) is 3. The molecule has 0 amide bonds. The van der Waals surface area contributed by atoms with E-state index in [9.17, 15) is 0 Å². The minimum Gasteiger partial charge on any atom is -0.379 e. The average Bonchev–Trinajstić information content (AvgIpc) is 3.21. The van der Waals surface area contributed by atoms with E-state index in [1.54, 1.807) is 0 Å². The van der Waals surface area contributed by atoms with E-state index in [0.717, 1.165) is 57.5 Å². The Morgan fingerprint density at radius 2 is 1.82 bits per heavy atom. The van der Waals surface area contributed by atoms with Crippen LogP contribution >= 0.6 is 12.2 Å². The van der Waals surface area contributed by atoms with Crippen LogP contribution in [0.5, 0.6) is 0 Å². The number of nitrogens with one attached hydrogen (secondary N) is 1. The maximum atomic E-state index is 5.82. The van der Waals surface area contributed by atoms with Crippen molar-refractivity contribution >= 4 is 23.0 Å². The van der Waals surface area contributed by atoms with Gasteiger partial charge in [-0.15, -0.1) is 0 Å². The molecular weight excluding hydrogens is 368 g/mol. The number of benzene rings is 1. The van der Waals surface area contributed by atoms with Crippen molar-refractivity contribution in [2.45, 2.75) is 44.7 Å². The molecule has 6 heteroatoms. The molecule has 0 radical (unpaired) electrons. The van der Waals surface area contributed by atoms with Gasteiger partial charge in [-0.05, 0) is 49.2 Å². The van der Waals surface area contributed by atoms with Gasteiger partial charge in [0.2, 0.25) is 0 Å². The first-order valence-corrected chi connectivity index (χ1v) is 11.1. The van der Waals surface area contributed by atoms with Gasteiger partial charge >= 0.3 is 0 Å². The molecule has 1 aromatic rings. The molecule has 28 heavy (non-hydrogen) atoms. The predicted molar refractivity (Wildman–Crippen MR) is 121 cm³/mol. The van der Waals surface area contributed by atoms with Crippen molar-refractivity contribution in [3.63, 3.8) is 0 Å². The maximum absolute atomic E-state index is 5.82. The number of hydrogen-bond donors (Lipinski definition) is 1. The molecule has 1 saturated carbocycles. The van der Waals surface area contributed by atoms with E-state index in [4.69, 9.17) is 17.0 Å². The number of anilines is 1. The van der Waals surface area contributed by atoms with Crippen LogP contribution in [0.1, 0.15) is 37.7 Å². The van der Waals surface area contributed by atoms with Crippen LogP contribution in [0.25, 0.3) is 0 Å². The monoisotopic (exact) mass is 404 g/mol. The third-order valence-electron chi connectivity index (χ3n) is 5.80. The molecule has 1 aliphatic heterocycles. The van der Waals surface area contributed by atoms with Crippen molar-refractivity contribution in [1.29, 1.82) is 0 Å². The van der Waals surface area contributed by atoms with E-state index < -0.39 is 0 Å². The second kappa shape index (κ2) is 11.0. The first-order valence-electron chi connectivity index (χ1n) is 10.7. The van der Waals surface area contributed by atoms with Gasteiger partial charge in [-0.25, -0.2) is 0 Å². The van der Waals surface area contributed by atoms with Gasteiger partial charge in [-0.2, -0.15) is 0 Å². The summed E-state index contributed by atoms with van der Waals surface area (Å²) in [6, 6.07) is 9.39. The van der Waals surface area contributed by atoms with Crippen molar-refractivity contribution < 1.29 is 4.74 Å². The Morgan fingerprint density at radius 3 is 2.46 bits per heavy atom. The van der Waals surface area contributed by atoms with E-state index in [0.29, 0.717) is 6.04 Å². The van der Waals surface area contributed by atoms with Crippen LogP contribution < -0.4 is 10.2 Å². The fourth-order valence-electron chi connectivity index (χ4n) is 4.02. The van der Waals surface area contributed by atoms with Crippen molar-refractivity contribution in [2.75, 3.05) is 58.4 Å². The van der Waals surface area contributed by atoms with E-state index in [-0.39, 0.29) is 0 Å². The van der Waals surface area contributed by atoms with Crippen molar-refractivity contribution in [3.8, 4) is 0 Å². The molecule has 1 aliphatic carbocycles. The van der Waals surface area contributed by atoms with Crippen molar-refractivity contribution in [2.24, 2.45) is 0 Å². The summed E-state index contributed by atoms with van der Waals surface area (Å²) in [6.45, 7) is 6.81. The molecule has 0 spiro atoms. The summed E-state index contributed by atoms with van der Waals surface area (Å²) in [5.74, 6) is 0. The van der Waals surface area contributed by atoms with Crippen LogP contribution in [0, 0.1) is 0 Å². The Morgan fingerprint density at radius 1 is 1.14 bits per heavy atom. The highest BCUT2D eigenvalue weighted by molar-refractivity contribution is 7.80. The van der Waals surface area contributed by atoms with E-state index in [1.165, 1.54) is 36.9 Å². The predicted octanol–water partition coefficient (Wildman–Crippen LogP) is 3.09. The van der Waals surface area contributed by atoms with Crippen LogP contribution in [0.3, 0.4) is 0 Å². The van der Waals surface area contributed by atoms with Crippen molar-refractivity contribution in [1.82, 2.24) is 15.1 Å². The van der Waals surface area contributed by atoms with Crippen LogP contribution in [0.15, 0.2) is 24.3 Å². The maximum Gasteiger partial charge on any atom is 0.169 e. The molecule has 1 heterocycles. The summed E-state index contributed by atoms with van der Waals surface area (Å²) in [6.07, 6.45) is 6.27. The minimum absolute atomic E-state index is 0.561. The summed E-state index contributed by atoms with van der Waals surface area (Å²) in [7, 11) is 4.15. The van der Waals surface area contributed by atoms with Gasteiger partial charge in [-0.1, -0.05) is 25.0 Å². The molecule has 2 fully saturated rings.